The summed E-state index contributed by atoms with van der Waals surface area (Å²) in [5.74, 6) is -2.34. The van der Waals surface area contributed by atoms with Gasteiger partial charge in [0.25, 0.3) is 0 Å². The third-order valence-electron chi connectivity index (χ3n) is 2.68. The molecular weight excluding hydrogens is 172 g/mol. The van der Waals surface area contributed by atoms with E-state index in [1.54, 1.807) is 0 Å². The smallest absolute Gasteiger partial charge is 0.310 e. The molecule has 0 saturated carbocycles. The summed E-state index contributed by atoms with van der Waals surface area (Å²) in [6, 6.07) is 0. The average Bonchev–Trinajstić information content (AvgIpc) is 2.48. The maximum absolute atomic E-state index is 11.2. The number of carbonyl (C=O) groups is 2. The van der Waals surface area contributed by atoms with Gasteiger partial charge in [0.05, 0.1) is 18.4 Å². The van der Waals surface area contributed by atoms with Gasteiger partial charge in [-0.15, -0.1) is 0 Å². The van der Waals surface area contributed by atoms with Crippen molar-refractivity contribution in [3.05, 3.63) is 12.2 Å². The van der Waals surface area contributed by atoms with Gasteiger partial charge in [-0.25, -0.2) is 0 Å². The Balaban J connectivity index is 2.27. The monoisotopic (exact) mass is 182 g/mol. The molecule has 70 valence electrons. The second-order valence-electron chi connectivity index (χ2n) is 3.43. The number of rotatable bonds is 1. The topological polar surface area (TPSA) is 63.6 Å². The number of esters is 1. The summed E-state index contributed by atoms with van der Waals surface area (Å²) in [5.41, 5.74) is 0. The van der Waals surface area contributed by atoms with Gasteiger partial charge in [-0.2, -0.15) is 0 Å². The Hall–Kier alpha value is -1.32. The SMILES string of the molecule is O=C(O)C1CC=CC2COC(=O)C21. The van der Waals surface area contributed by atoms with E-state index in [0.29, 0.717) is 13.0 Å². The molecule has 3 unspecified atom stereocenters. The number of aliphatic carboxylic acids is 1. The van der Waals surface area contributed by atoms with Crippen LogP contribution in [0.25, 0.3) is 0 Å². The van der Waals surface area contributed by atoms with Crippen LogP contribution in [0.5, 0.6) is 0 Å². The average molecular weight is 182 g/mol. The van der Waals surface area contributed by atoms with Crippen molar-refractivity contribution in [2.75, 3.05) is 6.61 Å². The van der Waals surface area contributed by atoms with Crippen molar-refractivity contribution >= 4 is 11.9 Å². The molecule has 3 atom stereocenters. The maximum Gasteiger partial charge on any atom is 0.310 e. The highest BCUT2D eigenvalue weighted by molar-refractivity contribution is 5.83. The van der Waals surface area contributed by atoms with Crippen LogP contribution in [0, 0.1) is 17.8 Å². The van der Waals surface area contributed by atoms with E-state index in [9.17, 15) is 9.59 Å². The van der Waals surface area contributed by atoms with Crippen LogP contribution in [0.4, 0.5) is 0 Å². The molecule has 0 aromatic carbocycles. The first-order valence-electron chi connectivity index (χ1n) is 4.26. The molecule has 1 fully saturated rings. The molecule has 1 aliphatic carbocycles. The Morgan fingerprint density at radius 1 is 1.62 bits per heavy atom. The number of fused-ring (bicyclic) bond motifs is 1. The molecule has 2 aliphatic rings. The molecule has 0 aromatic rings. The molecule has 0 bridgehead atoms. The lowest BCUT2D eigenvalue weighted by molar-refractivity contribution is -0.151. The number of hydrogen-bond acceptors (Lipinski definition) is 3. The van der Waals surface area contributed by atoms with Crippen molar-refractivity contribution in [3.8, 4) is 0 Å². The van der Waals surface area contributed by atoms with Gasteiger partial charge in [-0.05, 0) is 6.42 Å². The number of carboxylic acids is 1. The van der Waals surface area contributed by atoms with E-state index in [1.165, 1.54) is 0 Å². The largest absolute Gasteiger partial charge is 0.481 e. The molecular formula is C9H10O4. The van der Waals surface area contributed by atoms with Crippen LogP contribution in [-0.4, -0.2) is 23.7 Å². The second kappa shape index (κ2) is 2.87. The Bertz CT molecular complexity index is 281. The lowest BCUT2D eigenvalue weighted by Gasteiger charge is -2.22. The zero-order chi connectivity index (χ0) is 9.42. The predicted molar refractivity (Wildman–Crippen MR) is 42.8 cm³/mol. The molecule has 1 N–H and O–H groups in total. The van der Waals surface area contributed by atoms with Gasteiger partial charge in [0.2, 0.25) is 0 Å². The summed E-state index contributed by atoms with van der Waals surface area (Å²) in [6.07, 6.45) is 4.14. The van der Waals surface area contributed by atoms with Crippen LogP contribution in [0.1, 0.15) is 6.42 Å². The number of carbonyl (C=O) groups excluding carboxylic acids is 1. The van der Waals surface area contributed by atoms with Crippen LogP contribution < -0.4 is 0 Å². The number of hydrogen-bond donors (Lipinski definition) is 1. The molecule has 0 spiro atoms. The third kappa shape index (κ3) is 1.22. The zero-order valence-electron chi connectivity index (χ0n) is 6.97. The summed E-state index contributed by atoms with van der Waals surface area (Å²) in [5, 5.41) is 8.86. The minimum absolute atomic E-state index is 0.0256. The maximum atomic E-state index is 11.2. The van der Waals surface area contributed by atoms with Crippen LogP contribution >= 0.6 is 0 Å². The fourth-order valence-corrected chi connectivity index (χ4v) is 1.99. The summed E-state index contributed by atoms with van der Waals surface area (Å²) in [6.45, 7) is 0.337. The summed E-state index contributed by atoms with van der Waals surface area (Å²) >= 11 is 0. The van der Waals surface area contributed by atoms with Gasteiger partial charge in [-0.3, -0.25) is 9.59 Å². The van der Waals surface area contributed by atoms with E-state index in [4.69, 9.17) is 9.84 Å². The van der Waals surface area contributed by atoms with Crippen LogP contribution in [0.2, 0.25) is 0 Å². The van der Waals surface area contributed by atoms with Crippen LogP contribution in [0.3, 0.4) is 0 Å². The van der Waals surface area contributed by atoms with E-state index in [0.717, 1.165) is 0 Å². The van der Waals surface area contributed by atoms with Crippen LogP contribution in [0.15, 0.2) is 12.2 Å². The highest BCUT2D eigenvalue weighted by atomic mass is 16.5. The highest BCUT2D eigenvalue weighted by Crippen LogP contribution is 2.35. The lowest BCUT2D eigenvalue weighted by Crippen LogP contribution is -2.32. The number of ether oxygens (including phenoxy) is 1. The fourth-order valence-electron chi connectivity index (χ4n) is 1.99. The van der Waals surface area contributed by atoms with E-state index >= 15 is 0 Å². The first kappa shape index (κ1) is 8.29. The fraction of sp³-hybridized carbons (Fsp3) is 0.556. The van der Waals surface area contributed by atoms with E-state index in [2.05, 4.69) is 0 Å². The van der Waals surface area contributed by atoms with E-state index < -0.39 is 17.8 Å². The van der Waals surface area contributed by atoms with Gasteiger partial charge in [-0.1, -0.05) is 12.2 Å². The summed E-state index contributed by atoms with van der Waals surface area (Å²) < 4.78 is 4.83. The molecule has 1 aliphatic heterocycles. The highest BCUT2D eigenvalue weighted by Gasteiger charge is 2.45. The molecule has 4 heteroatoms. The van der Waals surface area contributed by atoms with E-state index in [1.807, 2.05) is 12.2 Å². The van der Waals surface area contributed by atoms with Crippen molar-refractivity contribution < 1.29 is 19.4 Å². The quantitative estimate of drug-likeness (QED) is 0.472. The van der Waals surface area contributed by atoms with Crippen molar-refractivity contribution in [1.82, 2.24) is 0 Å². The van der Waals surface area contributed by atoms with Crippen LogP contribution in [-0.2, 0) is 14.3 Å². The minimum atomic E-state index is -0.904. The first-order valence-corrected chi connectivity index (χ1v) is 4.26. The van der Waals surface area contributed by atoms with Gasteiger partial charge < -0.3 is 9.84 Å². The van der Waals surface area contributed by atoms with Gasteiger partial charge >= 0.3 is 11.9 Å². The third-order valence-corrected chi connectivity index (χ3v) is 2.68. The van der Waals surface area contributed by atoms with Crippen molar-refractivity contribution in [1.29, 1.82) is 0 Å². The zero-order valence-corrected chi connectivity index (χ0v) is 6.97. The molecule has 0 amide bonds. The molecule has 0 aromatic heterocycles. The number of cyclic esters (lactones) is 1. The standard InChI is InChI=1S/C9H10O4/c10-8(11)6-3-1-2-5-4-13-9(12)7(5)6/h1-2,5-7H,3-4H2,(H,10,11). The Kier molecular flexibility index (Phi) is 1.83. The first-order chi connectivity index (χ1) is 6.20. The molecule has 0 radical (unpaired) electrons. The lowest BCUT2D eigenvalue weighted by atomic mass is 9.77. The molecule has 13 heavy (non-hydrogen) atoms. The second-order valence-corrected chi connectivity index (χ2v) is 3.43. The summed E-state index contributed by atoms with van der Waals surface area (Å²) in [7, 11) is 0. The van der Waals surface area contributed by atoms with Crippen molar-refractivity contribution in [3.63, 3.8) is 0 Å². The molecule has 1 saturated heterocycles. The molecule has 4 nitrogen and oxygen atoms in total. The Morgan fingerprint density at radius 3 is 3.08 bits per heavy atom. The van der Waals surface area contributed by atoms with Gasteiger partial charge in [0, 0.05) is 5.92 Å². The normalized spacial score (nSPS) is 36.9. The minimum Gasteiger partial charge on any atom is -0.481 e. The van der Waals surface area contributed by atoms with Gasteiger partial charge in [0.1, 0.15) is 0 Å². The Labute approximate surface area is 75.2 Å². The Morgan fingerprint density at radius 2 is 2.38 bits per heavy atom. The number of carboxylic acid groups (broad SMARTS) is 1. The van der Waals surface area contributed by atoms with E-state index in [-0.39, 0.29) is 11.9 Å². The number of allylic oxidation sites excluding steroid dienone is 1. The molecule has 2 rings (SSSR count). The summed E-state index contributed by atoms with van der Waals surface area (Å²) in [4.78, 5) is 22.0. The molecule has 1 heterocycles. The predicted octanol–water partition coefficient (Wildman–Crippen LogP) is 0.436. The van der Waals surface area contributed by atoms with Gasteiger partial charge in [0.15, 0.2) is 0 Å². The van der Waals surface area contributed by atoms with Crippen molar-refractivity contribution in [2.45, 2.75) is 6.42 Å². The van der Waals surface area contributed by atoms with Crippen molar-refractivity contribution in [2.24, 2.45) is 17.8 Å².